The highest BCUT2D eigenvalue weighted by atomic mass is 32.2. The summed E-state index contributed by atoms with van der Waals surface area (Å²) in [6.07, 6.45) is 0. The van der Waals surface area contributed by atoms with E-state index < -0.39 is 11.6 Å². The zero-order valence-electron chi connectivity index (χ0n) is 16.3. The van der Waals surface area contributed by atoms with Crippen molar-refractivity contribution < 1.29 is 13.6 Å². The summed E-state index contributed by atoms with van der Waals surface area (Å²) in [7, 11) is 0. The number of halogens is 2. The molecule has 160 valence electrons. The average molecular weight is 463 g/mol. The van der Waals surface area contributed by atoms with E-state index in [9.17, 15) is 13.6 Å². The van der Waals surface area contributed by atoms with Crippen LogP contribution in [0.2, 0.25) is 0 Å². The summed E-state index contributed by atoms with van der Waals surface area (Å²) in [5.74, 6) is 4.19. The summed E-state index contributed by atoms with van der Waals surface area (Å²) in [5.41, 5.74) is 2.52. The van der Waals surface area contributed by atoms with Gasteiger partial charge in [-0.15, -0.1) is 21.5 Å². The number of carbonyl (C=O) groups is 1. The Morgan fingerprint density at radius 2 is 2.03 bits per heavy atom. The predicted octanol–water partition coefficient (Wildman–Crippen LogP) is 2.93. The molecular weight excluding hydrogens is 446 g/mol. The van der Waals surface area contributed by atoms with Crippen LogP contribution in [0.3, 0.4) is 0 Å². The van der Waals surface area contributed by atoms with Gasteiger partial charge in [0.15, 0.2) is 16.8 Å². The van der Waals surface area contributed by atoms with Crippen LogP contribution < -0.4 is 11.2 Å². The summed E-state index contributed by atoms with van der Waals surface area (Å²) < 4.78 is 29.3. The first-order valence-corrected chi connectivity index (χ1v) is 10.8. The number of anilines is 1. The highest BCUT2D eigenvalue weighted by molar-refractivity contribution is 7.99. The van der Waals surface area contributed by atoms with Crippen molar-refractivity contribution in [1.29, 1.82) is 0 Å². The number of carbonyl (C=O) groups excluding carboxylic acids is 1. The van der Waals surface area contributed by atoms with Gasteiger partial charge in [-0.05, 0) is 38.1 Å². The van der Waals surface area contributed by atoms with Gasteiger partial charge in [-0.1, -0.05) is 11.8 Å². The molecule has 3 N–H and O–H groups in total. The number of hydrogen-bond acceptors (Lipinski definition) is 8. The smallest absolute Gasteiger partial charge is 0.271 e. The summed E-state index contributed by atoms with van der Waals surface area (Å²) in [6, 6.07) is 5.39. The SMILES string of the molecule is Cc1cc(C)n(-c2nnc(SCC(=O)Nc3nc(-c4ccc(F)c(F)c4)cs3)n2N)n1. The Morgan fingerprint density at radius 3 is 2.74 bits per heavy atom. The third-order valence-corrected chi connectivity index (χ3v) is 5.84. The summed E-state index contributed by atoms with van der Waals surface area (Å²) >= 11 is 2.28. The molecule has 0 atom stereocenters. The first-order valence-electron chi connectivity index (χ1n) is 8.89. The lowest BCUT2D eigenvalue weighted by molar-refractivity contribution is -0.113. The van der Waals surface area contributed by atoms with E-state index in [2.05, 4.69) is 25.6 Å². The molecule has 0 fully saturated rings. The number of amides is 1. The van der Waals surface area contributed by atoms with Gasteiger partial charge in [-0.25, -0.2) is 23.1 Å². The van der Waals surface area contributed by atoms with E-state index in [0.717, 1.165) is 35.3 Å². The number of hydrogen-bond donors (Lipinski definition) is 2. The normalized spacial score (nSPS) is 11.1. The monoisotopic (exact) mass is 462 g/mol. The highest BCUT2D eigenvalue weighted by Crippen LogP contribution is 2.26. The van der Waals surface area contributed by atoms with Gasteiger partial charge in [0.2, 0.25) is 11.1 Å². The van der Waals surface area contributed by atoms with Crippen molar-refractivity contribution in [2.75, 3.05) is 16.9 Å². The van der Waals surface area contributed by atoms with Crippen LogP contribution >= 0.6 is 23.1 Å². The van der Waals surface area contributed by atoms with Gasteiger partial charge in [0, 0.05) is 16.6 Å². The van der Waals surface area contributed by atoms with Crippen LogP contribution in [-0.2, 0) is 4.79 Å². The van der Waals surface area contributed by atoms with E-state index in [1.165, 1.54) is 22.1 Å². The number of nitrogens with zero attached hydrogens (tertiary/aromatic N) is 6. The second-order valence-electron chi connectivity index (χ2n) is 6.50. The predicted molar refractivity (Wildman–Crippen MR) is 114 cm³/mol. The van der Waals surface area contributed by atoms with Crippen LogP contribution in [0.25, 0.3) is 17.2 Å². The van der Waals surface area contributed by atoms with Gasteiger partial charge < -0.3 is 11.2 Å². The van der Waals surface area contributed by atoms with Crippen LogP contribution in [0, 0.1) is 25.5 Å². The molecule has 0 saturated heterocycles. The quantitative estimate of drug-likeness (QED) is 0.334. The first kappa shape index (κ1) is 20.9. The number of nitrogens with one attached hydrogen (secondary N) is 1. The topological polar surface area (TPSA) is 117 Å². The molecule has 3 aromatic heterocycles. The van der Waals surface area contributed by atoms with Crippen molar-refractivity contribution in [3.63, 3.8) is 0 Å². The molecule has 0 aliphatic heterocycles. The largest absolute Gasteiger partial charge is 0.334 e. The van der Waals surface area contributed by atoms with E-state index in [1.807, 2.05) is 19.9 Å². The van der Waals surface area contributed by atoms with E-state index in [4.69, 9.17) is 5.84 Å². The molecule has 31 heavy (non-hydrogen) atoms. The molecule has 13 heteroatoms. The number of rotatable bonds is 6. The molecule has 4 aromatic rings. The average Bonchev–Trinajstić information content (AvgIpc) is 3.41. The molecule has 0 radical (unpaired) electrons. The zero-order valence-corrected chi connectivity index (χ0v) is 18.0. The fourth-order valence-corrected chi connectivity index (χ4v) is 4.14. The second kappa shape index (κ2) is 8.43. The number of aryl methyl sites for hydroxylation is 2. The number of benzene rings is 1. The van der Waals surface area contributed by atoms with Crippen molar-refractivity contribution in [3.05, 3.63) is 52.7 Å². The van der Waals surface area contributed by atoms with Crippen molar-refractivity contribution in [3.8, 4) is 17.2 Å². The van der Waals surface area contributed by atoms with Crippen LogP contribution in [0.4, 0.5) is 13.9 Å². The summed E-state index contributed by atoms with van der Waals surface area (Å²) in [6.45, 7) is 3.73. The first-order chi connectivity index (χ1) is 14.8. The Balaban J connectivity index is 1.39. The molecule has 0 unspecified atom stereocenters. The number of aromatic nitrogens is 6. The van der Waals surface area contributed by atoms with Crippen LogP contribution in [0.1, 0.15) is 11.4 Å². The molecule has 0 aliphatic carbocycles. The molecule has 3 heterocycles. The maximum absolute atomic E-state index is 13.4. The minimum absolute atomic E-state index is 0.0204. The lowest BCUT2D eigenvalue weighted by Crippen LogP contribution is -2.18. The van der Waals surface area contributed by atoms with Gasteiger partial charge in [-0.3, -0.25) is 4.79 Å². The van der Waals surface area contributed by atoms with E-state index >= 15 is 0 Å². The number of nitrogen functional groups attached to an aromatic ring is 1. The standard InChI is InChI=1S/C18H16F2N8OS2/c1-9-5-10(2)28(26-9)17-24-25-18(27(17)21)31-8-15(29)23-16-22-14(7-30-16)11-3-4-12(19)13(20)6-11/h3-7H,8,21H2,1-2H3,(H,22,23,29). The van der Waals surface area contributed by atoms with Gasteiger partial charge >= 0.3 is 0 Å². The van der Waals surface area contributed by atoms with Crippen molar-refractivity contribution in [2.45, 2.75) is 19.0 Å². The highest BCUT2D eigenvalue weighted by Gasteiger charge is 2.17. The molecular formula is C18H16F2N8OS2. The Morgan fingerprint density at radius 1 is 1.23 bits per heavy atom. The van der Waals surface area contributed by atoms with Crippen molar-refractivity contribution >= 4 is 34.1 Å². The third kappa shape index (κ3) is 4.41. The fourth-order valence-electron chi connectivity index (χ4n) is 2.75. The lowest BCUT2D eigenvalue weighted by Gasteiger charge is -2.05. The Kier molecular flexibility index (Phi) is 5.69. The van der Waals surface area contributed by atoms with Crippen molar-refractivity contribution in [1.82, 2.24) is 29.6 Å². The van der Waals surface area contributed by atoms with Crippen LogP contribution in [0.15, 0.2) is 34.8 Å². The Bertz CT molecular complexity index is 1270. The van der Waals surface area contributed by atoms with Crippen LogP contribution in [0.5, 0.6) is 0 Å². The summed E-state index contributed by atoms with van der Waals surface area (Å²) in [4.78, 5) is 16.5. The van der Waals surface area contributed by atoms with E-state index in [0.29, 0.717) is 27.5 Å². The Labute approximate surface area is 183 Å². The van der Waals surface area contributed by atoms with E-state index in [-0.39, 0.29) is 11.7 Å². The fraction of sp³-hybridized carbons (Fsp3) is 0.167. The maximum atomic E-state index is 13.4. The van der Waals surface area contributed by atoms with Gasteiger partial charge in [0.25, 0.3) is 5.95 Å². The Hall–Kier alpha value is -3.32. The maximum Gasteiger partial charge on any atom is 0.271 e. The minimum Gasteiger partial charge on any atom is -0.334 e. The molecule has 1 amide bonds. The number of thiazole rings is 1. The zero-order chi connectivity index (χ0) is 22.1. The molecule has 0 spiro atoms. The van der Waals surface area contributed by atoms with Crippen LogP contribution in [-0.4, -0.2) is 41.3 Å². The third-order valence-electron chi connectivity index (χ3n) is 4.14. The van der Waals surface area contributed by atoms with Crippen molar-refractivity contribution in [2.24, 2.45) is 0 Å². The molecule has 0 saturated carbocycles. The molecule has 1 aromatic carbocycles. The number of nitrogens with two attached hydrogens (primary N) is 1. The van der Waals surface area contributed by atoms with E-state index in [1.54, 1.807) is 10.1 Å². The number of thioether (sulfide) groups is 1. The molecule has 4 rings (SSSR count). The van der Waals surface area contributed by atoms with Gasteiger partial charge in [0.05, 0.1) is 17.1 Å². The molecule has 0 bridgehead atoms. The summed E-state index contributed by atoms with van der Waals surface area (Å²) in [5, 5.41) is 17.4. The van der Waals surface area contributed by atoms with Gasteiger partial charge in [0.1, 0.15) is 0 Å². The lowest BCUT2D eigenvalue weighted by atomic mass is 10.2. The second-order valence-corrected chi connectivity index (χ2v) is 8.30. The molecule has 0 aliphatic rings. The molecule has 9 nitrogen and oxygen atoms in total. The minimum atomic E-state index is -0.960. The van der Waals surface area contributed by atoms with Gasteiger partial charge in [-0.2, -0.15) is 5.10 Å².